The first-order valence-electron chi connectivity index (χ1n) is 9.61. The number of amides is 1. The van der Waals surface area contributed by atoms with Crippen molar-refractivity contribution in [2.75, 3.05) is 14.1 Å². The number of ether oxygens (including phenoxy) is 1. The predicted molar refractivity (Wildman–Crippen MR) is 116 cm³/mol. The molecular weight excluding hydrogens is 438 g/mol. The van der Waals surface area contributed by atoms with E-state index in [2.05, 4.69) is 10.1 Å². The summed E-state index contributed by atoms with van der Waals surface area (Å²) in [6.07, 6.45) is 0. The van der Waals surface area contributed by atoms with E-state index >= 15 is 0 Å². The summed E-state index contributed by atoms with van der Waals surface area (Å²) in [4.78, 5) is 13.0. The number of alkyl halides is 2. The fourth-order valence-corrected chi connectivity index (χ4v) is 4.02. The highest BCUT2D eigenvalue weighted by Gasteiger charge is 2.21. The van der Waals surface area contributed by atoms with Crippen molar-refractivity contribution in [1.82, 2.24) is 9.62 Å². The number of carbonyl (C=O) groups is 1. The number of nitrogens with zero attached hydrogens (tertiary/aromatic N) is 1. The second kappa shape index (κ2) is 9.88. The summed E-state index contributed by atoms with van der Waals surface area (Å²) in [6, 6.07) is 20.2. The maximum Gasteiger partial charge on any atom is 0.387 e. The van der Waals surface area contributed by atoms with Crippen LogP contribution in [0.25, 0.3) is 0 Å². The molecule has 0 saturated heterocycles. The molecule has 0 aliphatic carbocycles. The fourth-order valence-electron chi connectivity index (χ4n) is 3.07. The first-order chi connectivity index (χ1) is 15.2. The number of carbonyl (C=O) groups excluding carboxylic acids is 1. The minimum Gasteiger partial charge on any atom is -0.435 e. The van der Waals surface area contributed by atoms with E-state index < -0.39 is 28.6 Å². The number of hydrogen-bond donors (Lipinski definition) is 1. The van der Waals surface area contributed by atoms with Crippen LogP contribution in [-0.2, 0) is 10.0 Å². The summed E-state index contributed by atoms with van der Waals surface area (Å²) in [6.45, 7) is -2.93. The lowest BCUT2D eigenvalue weighted by Gasteiger charge is -2.21. The van der Waals surface area contributed by atoms with E-state index in [4.69, 9.17) is 0 Å². The van der Waals surface area contributed by atoms with Crippen molar-refractivity contribution in [1.29, 1.82) is 0 Å². The van der Waals surface area contributed by atoms with E-state index in [9.17, 15) is 22.0 Å². The molecule has 0 heterocycles. The van der Waals surface area contributed by atoms with Crippen LogP contribution in [0.2, 0.25) is 0 Å². The molecular formula is C23H22F2N2O4S. The Bertz CT molecular complexity index is 1170. The van der Waals surface area contributed by atoms with Crippen molar-refractivity contribution in [2.24, 2.45) is 0 Å². The number of sulfonamides is 1. The Morgan fingerprint density at radius 2 is 1.53 bits per heavy atom. The standard InChI is InChI=1S/C23H22F2N2O4S/c1-27(2)32(29,30)20-10-6-9-18(15-20)22(28)26-21(16-7-4-3-5-8-16)17-11-13-19(14-12-17)31-23(24)25/h3-15,21,23H,1-2H3,(H,26,28). The third-order valence-corrected chi connectivity index (χ3v) is 6.53. The van der Waals surface area contributed by atoms with Gasteiger partial charge in [-0.05, 0) is 41.5 Å². The van der Waals surface area contributed by atoms with Crippen LogP contribution in [0.5, 0.6) is 5.75 Å². The van der Waals surface area contributed by atoms with Gasteiger partial charge in [-0.2, -0.15) is 8.78 Å². The highest BCUT2D eigenvalue weighted by Crippen LogP contribution is 2.26. The molecule has 0 aromatic heterocycles. The van der Waals surface area contributed by atoms with Crippen LogP contribution in [-0.4, -0.2) is 39.3 Å². The van der Waals surface area contributed by atoms with Gasteiger partial charge in [-0.1, -0.05) is 48.5 Å². The smallest absolute Gasteiger partial charge is 0.387 e. The van der Waals surface area contributed by atoms with Crippen LogP contribution in [0.15, 0.2) is 83.8 Å². The van der Waals surface area contributed by atoms with Crippen LogP contribution in [0.1, 0.15) is 27.5 Å². The highest BCUT2D eigenvalue weighted by atomic mass is 32.2. The monoisotopic (exact) mass is 460 g/mol. The molecule has 0 spiro atoms. The van der Waals surface area contributed by atoms with Gasteiger partial charge in [0, 0.05) is 19.7 Å². The SMILES string of the molecule is CN(C)S(=O)(=O)c1cccc(C(=O)NC(c2ccccc2)c2ccc(OC(F)F)cc2)c1. The third kappa shape index (κ3) is 5.49. The van der Waals surface area contributed by atoms with Crippen LogP contribution in [0.4, 0.5) is 8.78 Å². The molecule has 3 aromatic carbocycles. The predicted octanol–water partition coefficient (Wildman–Crippen LogP) is 4.06. The van der Waals surface area contributed by atoms with Crippen LogP contribution in [0.3, 0.4) is 0 Å². The largest absolute Gasteiger partial charge is 0.435 e. The van der Waals surface area contributed by atoms with E-state index in [0.29, 0.717) is 5.56 Å². The maximum atomic E-state index is 13.0. The molecule has 1 unspecified atom stereocenters. The number of nitrogens with one attached hydrogen (secondary N) is 1. The van der Waals surface area contributed by atoms with Gasteiger partial charge in [0.15, 0.2) is 0 Å². The number of rotatable bonds is 8. The van der Waals surface area contributed by atoms with E-state index in [1.54, 1.807) is 12.1 Å². The average Bonchev–Trinajstić information content (AvgIpc) is 2.78. The van der Waals surface area contributed by atoms with Crippen LogP contribution in [0, 0.1) is 0 Å². The summed E-state index contributed by atoms with van der Waals surface area (Å²) in [5.41, 5.74) is 1.58. The van der Waals surface area contributed by atoms with Gasteiger partial charge in [0.25, 0.3) is 5.91 Å². The molecule has 6 nitrogen and oxygen atoms in total. The molecule has 0 fully saturated rings. The summed E-state index contributed by atoms with van der Waals surface area (Å²) in [5, 5.41) is 2.90. The normalized spacial score (nSPS) is 12.6. The molecule has 168 valence electrons. The van der Waals surface area contributed by atoms with Gasteiger partial charge in [0.1, 0.15) is 5.75 Å². The molecule has 0 bridgehead atoms. The van der Waals surface area contributed by atoms with Crippen molar-refractivity contribution < 1.29 is 26.7 Å². The lowest BCUT2D eigenvalue weighted by atomic mass is 9.98. The molecule has 1 N–H and O–H groups in total. The topological polar surface area (TPSA) is 75.7 Å². The molecule has 1 atom stereocenters. The number of hydrogen-bond acceptors (Lipinski definition) is 4. The van der Waals surface area contributed by atoms with Crippen molar-refractivity contribution in [3.63, 3.8) is 0 Å². The zero-order valence-electron chi connectivity index (χ0n) is 17.4. The Kier molecular flexibility index (Phi) is 7.22. The second-order valence-electron chi connectivity index (χ2n) is 7.08. The Morgan fingerprint density at radius 3 is 2.12 bits per heavy atom. The van der Waals surface area contributed by atoms with E-state index in [1.165, 1.54) is 50.5 Å². The molecule has 0 aliphatic rings. The quantitative estimate of drug-likeness (QED) is 0.550. The van der Waals surface area contributed by atoms with Crippen molar-refractivity contribution in [3.05, 3.63) is 95.6 Å². The zero-order valence-corrected chi connectivity index (χ0v) is 18.2. The van der Waals surface area contributed by atoms with Gasteiger partial charge < -0.3 is 10.1 Å². The van der Waals surface area contributed by atoms with E-state index in [0.717, 1.165) is 9.87 Å². The van der Waals surface area contributed by atoms with Crippen LogP contribution >= 0.6 is 0 Å². The van der Waals surface area contributed by atoms with Crippen molar-refractivity contribution in [3.8, 4) is 5.75 Å². The molecule has 0 aliphatic heterocycles. The minimum absolute atomic E-state index is 0.0000816. The first-order valence-corrected chi connectivity index (χ1v) is 11.1. The second-order valence-corrected chi connectivity index (χ2v) is 9.23. The third-order valence-electron chi connectivity index (χ3n) is 4.72. The van der Waals surface area contributed by atoms with Gasteiger partial charge in [-0.15, -0.1) is 0 Å². The zero-order chi connectivity index (χ0) is 23.3. The van der Waals surface area contributed by atoms with Gasteiger partial charge in [-0.3, -0.25) is 4.79 Å². The van der Waals surface area contributed by atoms with Gasteiger partial charge in [-0.25, -0.2) is 12.7 Å². The first kappa shape index (κ1) is 23.4. The Hall–Kier alpha value is -3.30. The highest BCUT2D eigenvalue weighted by molar-refractivity contribution is 7.89. The summed E-state index contributed by atoms with van der Waals surface area (Å²) < 4.78 is 55.2. The molecule has 0 saturated carbocycles. The average molecular weight is 461 g/mol. The van der Waals surface area contributed by atoms with E-state index in [1.807, 2.05) is 30.3 Å². The van der Waals surface area contributed by atoms with Crippen molar-refractivity contribution >= 4 is 15.9 Å². The molecule has 0 radical (unpaired) electrons. The fraction of sp³-hybridized carbons (Fsp3) is 0.174. The number of benzene rings is 3. The minimum atomic E-state index is -3.70. The Morgan fingerprint density at radius 1 is 0.906 bits per heavy atom. The lowest BCUT2D eigenvalue weighted by Crippen LogP contribution is -2.29. The molecule has 9 heteroatoms. The molecule has 3 rings (SSSR count). The molecule has 1 amide bonds. The lowest BCUT2D eigenvalue weighted by molar-refractivity contribution is -0.0498. The van der Waals surface area contributed by atoms with Gasteiger partial charge in [0.2, 0.25) is 10.0 Å². The van der Waals surface area contributed by atoms with Crippen molar-refractivity contribution in [2.45, 2.75) is 17.5 Å². The van der Waals surface area contributed by atoms with Crippen LogP contribution < -0.4 is 10.1 Å². The number of halogens is 2. The molecule has 3 aromatic rings. The maximum absolute atomic E-state index is 13.0. The summed E-state index contributed by atoms with van der Waals surface area (Å²) in [7, 11) is -0.879. The molecule has 32 heavy (non-hydrogen) atoms. The van der Waals surface area contributed by atoms with E-state index in [-0.39, 0.29) is 16.2 Å². The summed E-state index contributed by atoms with van der Waals surface area (Å²) in [5.74, 6) is -0.481. The Labute approximate surface area is 185 Å². The van der Waals surface area contributed by atoms with Gasteiger partial charge >= 0.3 is 6.61 Å². The summed E-state index contributed by atoms with van der Waals surface area (Å²) >= 11 is 0. The Balaban J connectivity index is 1.92. The van der Waals surface area contributed by atoms with Gasteiger partial charge in [0.05, 0.1) is 10.9 Å².